The fraction of sp³-hybridized carbons (Fsp3) is 0.0476. The minimum atomic E-state index is -4.91. The van der Waals surface area contributed by atoms with E-state index in [-0.39, 0.29) is 21.8 Å². The lowest BCUT2D eigenvalue weighted by molar-refractivity contribution is -0.384. The second-order valence-electron chi connectivity index (χ2n) is 6.60. The van der Waals surface area contributed by atoms with E-state index in [2.05, 4.69) is 10.6 Å². The summed E-state index contributed by atoms with van der Waals surface area (Å²) in [4.78, 5) is 34.7. The minimum Gasteiger partial charge on any atom is -0.322 e. The maximum Gasteiger partial charge on any atom is 0.418 e. The molecule has 0 atom stereocenters. The number of halogens is 5. The lowest BCUT2D eigenvalue weighted by Crippen LogP contribution is -2.18. The fourth-order valence-electron chi connectivity index (χ4n) is 2.76. The van der Waals surface area contributed by atoms with Crippen molar-refractivity contribution in [2.75, 3.05) is 10.6 Å². The van der Waals surface area contributed by atoms with Gasteiger partial charge in [-0.1, -0.05) is 11.6 Å². The van der Waals surface area contributed by atoms with Gasteiger partial charge in [0.25, 0.3) is 17.5 Å². The molecule has 0 aliphatic rings. The van der Waals surface area contributed by atoms with Gasteiger partial charge in [-0.25, -0.2) is 4.39 Å². The first-order chi connectivity index (χ1) is 15.5. The van der Waals surface area contributed by atoms with Crippen LogP contribution >= 0.6 is 11.6 Å². The third kappa shape index (κ3) is 5.63. The highest BCUT2D eigenvalue weighted by molar-refractivity contribution is 6.32. The second kappa shape index (κ2) is 9.25. The molecule has 0 aliphatic heterocycles. The molecule has 170 valence electrons. The Kier molecular flexibility index (Phi) is 6.63. The van der Waals surface area contributed by atoms with Gasteiger partial charge in [0.15, 0.2) is 0 Å². The van der Waals surface area contributed by atoms with Gasteiger partial charge in [-0.05, 0) is 54.6 Å². The second-order valence-corrected chi connectivity index (χ2v) is 7.00. The van der Waals surface area contributed by atoms with E-state index in [0.29, 0.717) is 6.07 Å². The Hall–Kier alpha value is -3.99. The smallest absolute Gasteiger partial charge is 0.322 e. The van der Waals surface area contributed by atoms with Gasteiger partial charge < -0.3 is 10.6 Å². The highest BCUT2D eigenvalue weighted by Crippen LogP contribution is 2.37. The lowest BCUT2D eigenvalue weighted by Gasteiger charge is -2.16. The Morgan fingerprint density at radius 2 is 1.48 bits per heavy atom. The molecule has 0 unspecified atom stereocenters. The number of nitrogens with one attached hydrogen (secondary N) is 2. The van der Waals surface area contributed by atoms with E-state index in [1.807, 2.05) is 0 Å². The summed E-state index contributed by atoms with van der Waals surface area (Å²) in [5, 5.41) is 15.1. The summed E-state index contributed by atoms with van der Waals surface area (Å²) in [5.41, 5.74) is -2.98. The molecular weight excluding hydrogens is 470 g/mol. The van der Waals surface area contributed by atoms with Crippen LogP contribution in [0, 0.1) is 15.9 Å². The highest BCUT2D eigenvalue weighted by atomic mass is 35.5. The van der Waals surface area contributed by atoms with E-state index >= 15 is 0 Å². The zero-order chi connectivity index (χ0) is 24.3. The molecule has 2 amide bonds. The van der Waals surface area contributed by atoms with Crippen molar-refractivity contribution in [1.82, 2.24) is 0 Å². The predicted octanol–water partition coefficient (Wildman–Crippen LogP) is 5.91. The van der Waals surface area contributed by atoms with Crippen molar-refractivity contribution in [3.8, 4) is 0 Å². The molecule has 3 aromatic rings. The first kappa shape index (κ1) is 23.7. The first-order valence-corrected chi connectivity index (χ1v) is 9.37. The number of nitro benzene ring substituents is 1. The molecule has 7 nitrogen and oxygen atoms in total. The van der Waals surface area contributed by atoms with Crippen LogP contribution in [0.3, 0.4) is 0 Å². The van der Waals surface area contributed by atoms with Gasteiger partial charge in [-0.3, -0.25) is 19.7 Å². The number of carbonyl (C=O) groups excluding carboxylic acids is 2. The molecule has 0 fully saturated rings. The van der Waals surface area contributed by atoms with Gasteiger partial charge in [0, 0.05) is 22.9 Å². The molecule has 0 aliphatic carbocycles. The van der Waals surface area contributed by atoms with Gasteiger partial charge in [0.1, 0.15) is 10.8 Å². The van der Waals surface area contributed by atoms with Crippen LogP contribution in [0.2, 0.25) is 5.02 Å². The van der Waals surface area contributed by atoms with E-state index in [4.69, 9.17) is 11.6 Å². The summed E-state index contributed by atoms with van der Waals surface area (Å²) < 4.78 is 53.8. The van der Waals surface area contributed by atoms with Crippen LogP contribution in [0.25, 0.3) is 0 Å². The summed E-state index contributed by atoms with van der Waals surface area (Å²) in [6.45, 7) is 0. The quantitative estimate of drug-likeness (QED) is 0.269. The number of nitro groups is 1. The molecule has 33 heavy (non-hydrogen) atoms. The number of alkyl halides is 3. The molecular formula is C21H12ClF4N3O4. The van der Waals surface area contributed by atoms with Crippen molar-refractivity contribution in [3.63, 3.8) is 0 Å². The van der Waals surface area contributed by atoms with Gasteiger partial charge in [-0.2, -0.15) is 13.2 Å². The summed E-state index contributed by atoms with van der Waals surface area (Å²) in [7, 11) is 0. The number of amides is 2. The molecule has 0 aromatic heterocycles. The number of carbonyl (C=O) groups is 2. The number of rotatable bonds is 5. The first-order valence-electron chi connectivity index (χ1n) is 8.99. The number of benzene rings is 3. The van der Waals surface area contributed by atoms with Crippen molar-refractivity contribution in [3.05, 3.63) is 98.3 Å². The number of hydrogen-bond acceptors (Lipinski definition) is 4. The minimum absolute atomic E-state index is 0.0201. The maximum absolute atomic E-state index is 13.6. The van der Waals surface area contributed by atoms with Gasteiger partial charge in [0.05, 0.1) is 16.2 Å². The molecule has 0 spiro atoms. The van der Waals surface area contributed by atoms with Crippen molar-refractivity contribution in [2.45, 2.75) is 6.18 Å². The molecule has 0 saturated carbocycles. The van der Waals surface area contributed by atoms with Crippen molar-refractivity contribution in [2.24, 2.45) is 0 Å². The molecule has 3 aromatic carbocycles. The van der Waals surface area contributed by atoms with Gasteiger partial charge >= 0.3 is 6.18 Å². The molecule has 0 saturated heterocycles. The topological polar surface area (TPSA) is 101 Å². The van der Waals surface area contributed by atoms with Crippen molar-refractivity contribution < 1.29 is 32.1 Å². The standard InChI is InChI=1S/C21H12ClF4N3O4/c22-16-7-3-12(9-18(16)29(32)33)20(31)28-17-8-6-14(10-15(17)21(24,25)26)27-19(30)11-1-4-13(23)5-2-11/h1-10H,(H,27,30)(H,28,31). The summed E-state index contributed by atoms with van der Waals surface area (Å²) in [5.74, 6) is -2.39. The number of anilines is 2. The average molecular weight is 482 g/mol. The van der Waals surface area contributed by atoms with Crippen LogP contribution < -0.4 is 10.6 Å². The molecule has 0 heterocycles. The van der Waals surface area contributed by atoms with Crippen LogP contribution in [-0.2, 0) is 6.18 Å². The molecule has 12 heteroatoms. The van der Waals surface area contributed by atoms with Gasteiger partial charge in [-0.15, -0.1) is 0 Å². The monoisotopic (exact) mass is 481 g/mol. The Labute approximate surface area is 188 Å². The molecule has 2 N–H and O–H groups in total. The zero-order valence-electron chi connectivity index (χ0n) is 16.2. The average Bonchev–Trinajstić information content (AvgIpc) is 2.74. The summed E-state index contributed by atoms with van der Waals surface area (Å²) in [6.07, 6.45) is -4.91. The van der Waals surface area contributed by atoms with E-state index in [9.17, 15) is 37.3 Å². The van der Waals surface area contributed by atoms with E-state index in [1.54, 1.807) is 0 Å². The Bertz CT molecular complexity index is 1250. The molecule has 0 bridgehead atoms. The number of hydrogen-bond donors (Lipinski definition) is 2. The fourth-order valence-corrected chi connectivity index (χ4v) is 2.94. The third-order valence-corrected chi connectivity index (χ3v) is 4.66. The molecule has 3 rings (SSSR count). The van der Waals surface area contributed by atoms with E-state index < -0.39 is 45.7 Å². The van der Waals surface area contributed by atoms with Crippen molar-refractivity contribution in [1.29, 1.82) is 0 Å². The van der Waals surface area contributed by atoms with Crippen LogP contribution in [-0.4, -0.2) is 16.7 Å². The van der Waals surface area contributed by atoms with E-state index in [0.717, 1.165) is 54.6 Å². The number of nitrogens with zero attached hydrogens (tertiary/aromatic N) is 1. The van der Waals surface area contributed by atoms with Crippen LogP contribution in [0.5, 0.6) is 0 Å². The largest absolute Gasteiger partial charge is 0.418 e. The van der Waals surface area contributed by atoms with E-state index in [1.165, 1.54) is 0 Å². The lowest BCUT2D eigenvalue weighted by atomic mass is 10.1. The Morgan fingerprint density at radius 3 is 2.09 bits per heavy atom. The summed E-state index contributed by atoms with van der Waals surface area (Å²) >= 11 is 5.68. The SMILES string of the molecule is O=C(Nc1ccc(NC(=O)c2ccc(Cl)c([N+](=O)[O-])c2)c(C(F)(F)F)c1)c1ccc(F)cc1. The van der Waals surface area contributed by atoms with Crippen molar-refractivity contribution >= 4 is 40.5 Å². The Morgan fingerprint density at radius 1 is 0.879 bits per heavy atom. The van der Waals surface area contributed by atoms with Gasteiger partial charge in [0.2, 0.25) is 0 Å². The maximum atomic E-state index is 13.6. The summed E-state index contributed by atoms with van der Waals surface area (Å²) in [6, 6.07) is 10.1. The van der Waals surface area contributed by atoms with Crippen LogP contribution in [0.4, 0.5) is 34.6 Å². The highest BCUT2D eigenvalue weighted by Gasteiger charge is 2.34. The Balaban J connectivity index is 1.87. The zero-order valence-corrected chi connectivity index (χ0v) is 17.0. The predicted molar refractivity (Wildman–Crippen MR) is 112 cm³/mol. The normalized spacial score (nSPS) is 11.1. The van der Waals surface area contributed by atoms with Crippen LogP contribution in [0.15, 0.2) is 60.7 Å². The molecule has 0 radical (unpaired) electrons. The third-order valence-electron chi connectivity index (χ3n) is 4.34. The van der Waals surface area contributed by atoms with Crippen LogP contribution in [0.1, 0.15) is 26.3 Å².